The minimum atomic E-state index is 0.402. The summed E-state index contributed by atoms with van der Waals surface area (Å²) in [6.07, 6.45) is 7.58. The predicted molar refractivity (Wildman–Crippen MR) is 87.8 cm³/mol. The number of aryl methyl sites for hydroxylation is 1. The summed E-state index contributed by atoms with van der Waals surface area (Å²) in [6.45, 7) is 4.57. The Morgan fingerprint density at radius 1 is 1.05 bits per heavy atom. The van der Waals surface area contributed by atoms with Crippen LogP contribution >= 0.6 is 0 Å². The van der Waals surface area contributed by atoms with E-state index in [0.717, 1.165) is 12.0 Å². The van der Waals surface area contributed by atoms with Gasteiger partial charge < -0.3 is 5.11 Å². The van der Waals surface area contributed by atoms with Crippen LogP contribution in [0.25, 0.3) is 17.2 Å². The van der Waals surface area contributed by atoms with Gasteiger partial charge in [-0.2, -0.15) is 0 Å². The van der Waals surface area contributed by atoms with Crippen LogP contribution in [0.5, 0.6) is 5.75 Å². The molecule has 1 heteroatoms. The van der Waals surface area contributed by atoms with Crippen LogP contribution in [0.3, 0.4) is 0 Å². The van der Waals surface area contributed by atoms with Crippen molar-refractivity contribution in [2.45, 2.75) is 39.0 Å². The van der Waals surface area contributed by atoms with Gasteiger partial charge in [-0.1, -0.05) is 37.3 Å². The Balaban J connectivity index is 1.98. The standard InChI is InChI=1S/C20H20O/c1-12-6-9-18(20-13(2)7-8-14(12)20)16-10-11-19(21)17-5-3-4-15(16)17/h3,5-6,9-11,13,21H,4,7-8H2,1-2H3. The van der Waals surface area contributed by atoms with Gasteiger partial charge in [0, 0.05) is 5.56 Å². The molecule has 2 aliphatic rings. The monoisotopic (exact) mass is 276 g/mol. The first kappa shape index (κ1) is 12.7. The second-order valence-corrected chi connectivity index (χ2v) is 6.39. The summed E-state index contributed by atoms with van der Waals surface area (Å²) in [5.74, 6) is 1.04. The van der Waals surface area contributed by atoms with Gasteiger partial charge in [0.2, 0.25) is 0 Å². The maximum absolute atomic E-state index is 10.0. The van der Waals surface area contributed by atoms with Gasteiger partial charge in [-0.3, -0.25) is 0 Å². The zero-order valence-electron chi connectivity index (χ0n) is 12.6. The van der Waals surface area contributed by atoms with Gasteiger partial charge in [0.25, 0.3) is 0 Å². The normalized spacial score (nSPS) is 18.9. The third-order valence-electron chi connectivity index (χ3n) is 5.14. The largest absolute Gasteiger partial charge is 0.507 e. The van der Waals surface area contributed by atoms with Gasteiger partial charge in [0.05, 0.1) is 0 Å². The zero-order chi connectivity index (χ0) is 14.6. The van der Waals surface area contributed by atoms with E-state index in [1.54, 1.807) is 5.56 Å². The number of phenolic OH excluding ortho intramolecular Hbond substituents is 1. The van der Waals surface area contributed by atoms with Crippen molar-refractivity contribution >= 4 is 6.08 Å². The molecule has 0 aromatic heterocycles. The fourth-order valence-corrected chi connectivity index (χ4v) is 4.01. The van der Waals surface area contributed by atoms with Crippen LogP contribution < -0.4 is 0 Å². The Morgan fingerprint density at radius 2 is 1.86 bits per heavy atom. The van der Waals surface area contributed by atoms with Gasteiger partial charge in [-0.05, 0) is 71.6 Å². The lowest BCUT2D eigenvalue weighted by molar-refractivity contribution is 0.474. The molecule has 0 aliphatic heterocycles. The lowest BCUT2D eigenvalue weighted by Crippen LogP contribution is -1.97. The van der Waals surface area contributed by atoms with Crippen molar-refractivity contribution in [2.75, 3.05) is 0 Å². The predicted octanol–water partition coefficient (Wildman–Crippen LogP) is 4.99. The minimum Gasteiger partial charge on any atom is -0.507 e. The van der Waals surface area contributed by atoms with Crippen molar-refractivity contribution < 1.29 is 5.11 Å². The van der Waals surface area contributed by atoms with Gasteiger partial charge in [0.1, 0.15) is 5.75 Å². The number of fused-ring (bicyclic) bond motifs is 2. The van der Waals surface area contributed by atoms with Crippen molar-refractivity contribution in [3.63, 3.8) is 0 Å². The highest BCUT2D eigenvalue weighted by Gasteiger charge is 2.26. The summed E-state index contributed by atoms with van der Waals surface area (Å²) in [6, 6.07) is 8.47. The molecule has 0 saturated heterocycles. The van der Waals surface area contributed by atoms with E-state index >= 15 is 0 Å². The third-order valence-corrected chi connectivity index (χ3v) is 5.14. The van der Waals surface area contributed by atoms with E-state index in [1.807, 2.05) is 12.1 Å². The molecule has 0 saturated carbocycles. The number of phenols is 1. The van der Waals surface area contributed by atoms with Crippen LogP contribution in [0, 0.1) is 6.92 Å². The number of rotatable bonds is 1. The number of aromatic hydroxyl groups is 1. The number of benzene rings is 2. The van der Waals surface area contributed by atoms with Crippen LogP contribution in [-0.4, -0.2) is 5.11 Å². The van der Waals surface area contributed by atoms with E-state index in [9.17, 15) is 5.11 Å². The maximum Gasteiger partial charge on any atom is 0.123 e. The first-order valence-electron chi connectivity index (χ1n) is 7.81. The summed E-state index contributed by atoms with van der Waals surface area (Å²) in [7, 11) is 0. The van der Waals surface area contributed by atoms with E-state index in [1.165, 1.54) is 40.7 Å². The average molecular weight is 276 g/mol. The van der Waals surface area contributed by atoms with Crippen molar-refractivity contribution in [3.8, 4) is 16.9 Å². The first-order chi connectivity index (χ1) is 10.2. The molecule has 0 amide bonds. The highest BCUT2D eigenvalue weighted by Crippen LogP contribution is 2.44. The molecular formula is C20H20O. The molecule has 4 rings (SSSR count). The van der Waals surface area contributed by atoms with E-state index in [2.05, 4.69) is 38.1 Å². The van der Waals surface area contributed by atoms with E-state index < -0.39 is 0 Å². The Kier molecular flexibility index (Phi) is 2.72. The number of hydrogen-bond donors (Lipinski definition) is 1. The van der Waals surface area contributed by atoms with Crippen LogP contribution in [0.1, 0.15) is 47.1 Å². The highest BCUT2D eigenvalue weighted by atomic mass is 16.3. The number of hydrogen-bond acceptors (Lipinski definition) is 1. The lowest BCUT2D eigenvalue weighted by Gasteiger charge is -2.17. The summed E-state index contributed by atoms with van der Waals surface area (Å²) < 4.78 is 0. The quantitative estimate of drug-likeness (QED) is 0.778. The smallest absolute Gasteiger partial charge is 0.123 e. The molecule has 2 aromatic rings. The van der Waals surface area contributed by atoms with Crippen LogP contribution in [0.15, 0.2) is 30.3 Å². The molecule has 0 radical (unpaired) electrons. The van der Waals surface area contributed by atoms with Gasteiger partial charge >= 0.3 is 0 Å². The van der Waals surface area contributed by atoms with E-state index in [4.69, 9.17) is 0 Å². The van der Waals surface area contributed by atoms with Gasteiger partial charge in [-0.15, -0.1) is 0 Å². The molecule has 0 heterocycles. The molecule has 0 fully saturated rings. The fourth-order valence-electron chi connectivity index (χ4n) is 4.01. The van der Waals surface area contributed by atoms with Gasteiger partial charge in [0.15, 0.2) is 0 Å². The molecule has 21 heavy (non-hydrogen) atoms. The molecule has 1 N–H and O–H groups in total. The average Bonchev–Trinajstić information content (AvgIpc) is 3.09. The van der Waals surface area contributed by atoms with Crippen molar-refractivity contribution in [3.05, 3.63) is 58.2 Å². The number of allylic oxidation sites excluding steroid dienone is 1. The summed E-state index contributed by atoms with van der Waals surface area (Å²) in [5.41, 5.74) is 9.47. The molecule has 0 spiro atoms. The van der Waals surface area contributed by atoms with Crippen molar-refractivity contribution in [1.29, 1.82) is 0 Å². The van der Waals surface area contributed by atoms with Crippen LogP contribution in [0.4, 0.5) is 0 Å². The second kappa shape index (κ2) is 4.49. The first-order valence-corrected chi connectivity index (χ1v) is 7.81. The summed E-state index contributed by atoms with van der Waals surface area (Å²) >= 11 is 0. The highest BCUT2D eigenvalue weighted by molar-refractivity contribution is 5.81. The Labute approximate surface area is 126 Å². The third kappa shape index (κ3) is 1.77. The van der Waals surface area contributed by atoms with Crippen molar-refractivity contribution in [2.24, 2.45) is 0 Å². The SMILES string of the molecule is Cc1ccc(-c2ccc(O)c3c2CC=C3)c2c1CCC2C. The maximum atomic E-state index is 10.0. The second-order valence-electron chi connectivity index (χ2n) is 6.39. The van der Waals surface area contributed by atoms with Crippen LogP contribution in [-0.2, 0) is 12.8 Å². The van der Waals surface area contributed by atoms with E-state index in [0.29, 0.717) is 11.7 Å². The molecule has 2 aliphatic carbocycles. The molecule has 1 atom stereocenters. The fraction of sp³-hybridized carbons (Fsp3) is 0.300. The Hall–Kier alpha value is -2.02. The topological polar surface area (TPSA) is 20.2 Å². The molecule has 1 unspecified atom stereocenters. The molecule has 0 bridgehead atoms. The molecule has 1 nitrogen and oxygen atoms in total. The minimum absolute atomic E-state index is 0.402. The van der Waals surface area contributed by atoms with Crippen LogP contribution in [0.2, 0.25) is 0 Å². The summed E-state index contributed by atoms with van der Waals surface area (Å²) in [5, 5.41) is 10.0. The Morgan fingerprint density at radius 3 is 2.71 bits per heavy atom. The molecular weight excluding hydrogens is 256 g/mol. The molecule has 2 aromatic carbocycles. The zero-order valence-corrected chi connectivity index (χ0v) is 12.6. The Bertz CT molecular complexity index is 768. The summed E-state index contributed by atoms with van der Waals surface area (Å²) in [4.78, 5) is 0. The lowest BCUT2D eigenvalue weighted by atomic mass is 9.87. The van der Waals surface area contributed by atoms with Gasteiger partial charge in [-0.25, -0.2) is 0 Å². The van der Waals surface area contributed by atoms with Crippen molar-refractivity contribution in [1.82, 2.24) is 0 Å². The van der Waals surface area contributed by atoms with E-state index in [-0.39, 0.29) is 0 Å². The molecule has 106 valence electrons.